The monoisotopic (exact) mass is 432 g/mol. The number of hydrogen-bond donors (Lipinski definition) is 1. The summed E-state index contributed by atoms with van der Waals surface area (Å²) in [6.45, 7) is 0. The van der Waals surface area contributed by atoms with Crippen LogP contribution in [-0.2, 0) is 10.1 Å². The molecule has 0 saturated heterocycles. The Morgan fingerprint density at radius 1 is 0.652 bits per heavy atom. The molecule has 0 fully saturated rings. The van der Waals surface area contributed by atoms with E-state index in [1.54, 1.807) is 0 Å². The summed E-state index contributed by atoms with van der Waals surface area (Å²) in [5.41, 5.74) is 0. The number of hydrogen-bond acceptors (Lipinski definition) is 2. The molecule has 0 radical (unpaired) electrons. The Kier molecular flexibility index (Phi) is 5.29. The van der Waals surface area contributed by atoms with Crippen LogP contribution in [0, 0.1) is 0 Å². The van der Waals surface area contributed by atoms with E-state index in [4.69, 9.17) is 4.55 Å². The first kappa shape index (κ1) is 22.7. The summed E-state index contributed by atoms with van der Waals surface area (Å²) in [7, 11) is -7.12. The van der Waals surface area contributed by atoms with Crippen molar-refractivity contribution in [2.75, 3.05) is 0 Å². The molecule has 0 amide bonds. The van der Waals surface area contributed by atoms with Gasteiger partial charge in [-0.25, -0.2) is 0 Å². The van der Waals surface area contributed by atoms with Crippen molar-refractivity contribution in [2.45, 2.75) is 33.5 Å². The van der Waals surface area contributed by atoms with Crippen molar-refractivity contribution >= 4 is 33.3 Å². The highest BCUT2D eigenvalue weighted by Gasteiger charge is 2.90. The summed E-state index contributed by atoms with van der Waals surface area (Å²) in [5, 5.41) is -6.66. The lowest BCUT2D eigenvalue weighted by Crippen LogP contribution is -2.70. The molecule has 1 N–H and O–H groups in total. The van der Waals surface area contributed by atoms with Gasteiger partial charge in [0.25, 0.3) is 4.33 Å². The van der Waals surface area contributed by atoms with Gasteiger partial charge in [0.05, 0.1) is 0 Å². The Morgan fingerprint density at radius 2 is 0.957 bits per heavy atom. The average molecular weight is 433 g/mol. The largest absolute Gasteiger partial charge is 0.460 e. The van der Waals surface area contributed by atoms with Gasteiger partial charge >= 0.3 is 39.3 Å². The van der Waals surface area contributed by atoms with Crippen molar-refractivity contribution in [2.24, 2.45) is 0 Å². The molecule has 23 heavy (non-hydrogen) atoms. The molecule has 0 aliphatic carbocycles. The zero-order chi connectivity index (χ0) is 19.5. The fourth-order valence-corrected chi connectivity index (χ4v) is 2.19. The molecule has 0 saturated carbocycles. The zero-order valence-electron chi connectivity index (χ0n) is 9.59. The minimum atomic E-state index is -7.73. The van der Waals surface area contributed by atoms with E-state index in [9.17, 15) is 56.7 Å². The first-order chi connectivity index (χ1) is 9.50. The summed E-state index contributed by atoms with van der Waals surface area (Å²) in [4.78, 5) is 0. The predicted octanol–water partition coefficient (Wildman–Crippen LogP) is 4.11. The van der Waals surface area contributed by atoms with Crippen LogP contribution >= 0.6 is 23.2 Å². The SMILES string of the molecule is O=S(=O)(O)C(F)(F)C(Cl)(Cl)C(F)(F)C(F)(F)C(F)(F)C(F)(F)F. The molecular weight excluding hydrogens is 432 g/mol. The van der Waals surface area contributed by atoms with Gasteiger partial charge < -0.3 is 0 Å². The van der Waals surface area contributed by atoms with Gasteiger partial charge in [-0.15, -0.1) is 0 Å². The van der Waals surface area contributed by atoms with Gasteiger partial charge in [-0.05, 0) is 0 Å². The number of rotatable bonds is 5. The maximum absolute atomic E-state index is 13.2. The van der Waals surface area contributed by atoms with Crippen molar-refractivity contribution in [3.63, 3.8) is 0 Å². The van der Waals surface area contributed by atoms with Crippen LogP contribution in [0.25, 0.3) is 0 Å². The molecule has 0 aromatic carbocycles. The van der Waals surface area contributed by atoms with Gasteiger partial charge in [-0.2, -0.15) is 56.7 Å². The Labute approximate surface area is 129 Å². The van der Waals surface area contributed by atoms with Gasteiger partial charge in [-0.1, -0.05) is 23.2 Å². The average Bonchev–Trinajstić information content (AvgIpc) is 2.24. The van der Waals surface area contributed by atoms with E-state index in [0.29, 0.717) is 0 Å². The van der Waals surface area contributed by atoms with Crippen LogP contribution in [-0.4, -0.2) is 46.5 Å². The highest BCUT2D eigenvalue weighted by atomic mass is 35.5. The summed E-state index contributed by atoms with van der Waals surface area (Å²) >= 11 is 7.98. The molecule has 0 atom stereocenters. The third-order valence-electron chi connectivity index (χ3n) is 2.23. The maximum Gasteiger partial charge on any atom is 0.460 e. The molecule has 3 nitrogen and oxygen atoms in total. The Morgan fingerprint density at radius 3 is 1.17 bits per heavy atom. The molecule has 0 rings (SSSR count). The third-order valence-corrected chi connectivity index (χ3v) is 4.36. The second-order valence-corrected chi connectivity index (χ2v) is 6.58. The van der Waals surface area contributed by atoms with E-state index in [2.05, 4.69) is 23.2 Å². The minimum absolute atomic E-state index is 3.99. The lowest BCUT2D eigenvalue weighted by molar-refractivity contribution is -0.400. The maximum atomic E-state index is 13.2. The molecule has 17 heteroatoms. The molecule has 0 heterocycles. The third kappa shape index (κ3) is 2.93. The highest BCUT2D eigenvalue weighted by molar-refractivity contribution is 7.87. The summed E-state index contributed by atoms with van der Waals surface area (Å²) in [6.07, 6.45) is -7.38. The Hall–Kier alpha value is -0.280. The Balaban J connectivity index is 6.48. The molecule has 0 spiro atoms. The molecule has 0 aromatic heterocycles. The van der Waals surface area contributed by atoms with Crippen LogP contribution in [0.5, 0.6) is 0 Å². The fourth-order valence-electron chi connectivity index (χ4n) is 0.917. The topological polar surface area (TPSA) is 54.4 Å². The van der Waals surface area contributed by atoms with Crippen LogP contribution in [0.3, 0.4) is 0 Å². The normalized spacial score (nSPS) is 16.6. The van der Waals surface area contributed by atoms with E-state index in [0.717, 1.165) is 0 Å². The van der Waals surface area contributed by atoms with Crippen molar-refractivity contribution in [1.29, 1.82) is 0 Å². The van der Waals surface area contributed by atoms with Crippen molar-refractivity contribution < 1.29 is 61.3 Å². The van der Waals surface area contributed by atoms with E-state index < -0.39 is 43.6 Å². The molecule has 0 aliphatic rings. The van der Waals surface area contributed by atoms with Crippen LogP contribution in [0.4, 0.5) is 48.3 Å². The Bertz CT molecular complexity index is 567. The molecule has 0 aliphatic heterocycles. The van der Waals surface area contributed by atoms with Crippen molar-refractivity contribution in [1.82, 2.24) is 0 Å². The van der Waals surface area contributed by atoms with Crippen molar-refractivity contribution in [3.8, 4) is 0 Å². The summed E-state index contributed by atoms with van der Waals surface area (Å²) < 4.78 is 161. The number of alkyl halides is 13. The summed E-state index contributed by atoms with van der Waals surface area (Å²) in [6, 6.07) is 0. The molecule has 140 valence electrons. The van der Waals surface area contributed by atoms with Crippen LogP contribution in [0.1, 0.15) is 0 Å². The zero-order valence-corrected chi connectivity index (χ0v) is 11.9. The predicted molar refractivity (Wildman–Crippen MR) is 51.8 cm³/mol. The van der Waals surface area contributed by atoms with Crippen LogP contribution in [0.2, 0.25) is 0 Å². The van der Waals surface area contributed by atoms with E-state index in [1.807, 2.05) is 0 Å². The standard InChI is InChI=1S/C6HCl2F11O3S/c7-1(8,6(18,19)23(20,21)22)2(9,10)3(11,12)4(13,14)5(15,16)17/h(H,20,21,22). The molecule has 0 bridgehead atoms. The van der Waals surface area contributed by atoms with E-state index in [1.165, 1.54) is 0 Å². The van der Waals surface area contributed by atoms with E-state index >= 15 is 0 Å². The lowest BCUT2D eigenvalue weighted by Gasteiger charge is -2.40. The minimum Gasteiger partial charge on any atom is -0.281 e. The molecule has 0 aromatic rings. The van der Waals surface area contributed by atoms with Gasteiger partial charge in [-0.3, -0.25) is 4.55 Å². The molecule has 0 unspecified atom stereocenters. The van der Waals surface area contributed by atoms with Crippen LogP contribution in [0.15, 0.2) is 0 Å². The second-order valence-electron chi connectivity index (χ2n) is 3.79. The highest BCUT2D eigenvalue weighted by Crippen LogP contribution is 2.62. The quantitative estimate of drug-likeness (QED) is 0.404. The number of halogens is 13. The smallest absolute Gasteiger partial charge is 0.281 e. The fraction of sp³-hybridized carbons (Fsp3) is 1.00. The summed E-state index contributed by atoms with van der Waals surface area (Å²) in [5.74, 6) is -22.8. The second kappa shape index (κ2) is 5.36. The van der Waals surface area contributed by atoms with Gasteiger partial charge in [0.2, 0.25) is 0 Å². The lowest BCUT2D eigenvalue weighted by atomic mass is 10.0. The molecular formula is C6HCl2F11O3S. The first-order valence-electron chi connectivity index (χ1n) is 4.43. The van der Waals surface area contributed by atoms with Crippen molar-refractivity contribution in [3.05, 3.63) is 0 Å². The van der Waals surface area contributed by atoms with Gasteiger partial charge in [0, 0.05) is 0 Å². The van der Waals surface area contributed by atoms with Gasteiger partial charge in [0.1, 0.15) is 0 Å². The van der Waals surface area contributed by atoms with Gasteiger partial charge in [0.15, 0.2) is 0 Å². The van der Waals surface area contributed by atoms with Crippen LogP contribution < -0.4 is 0 Å². The first-order valence-corrected chi connectivity index (χ1v) is 6.62. The van der Waals surface area contributed by atoms with E-state index in [-0.39, 0.29) is 0 Å².